The average Bonchev–Trinajstić information content (AvgIpc) is 3.13. The van der Waals surface area contributed by atoms with Crippen molar-refractivity contribution in [3.05, 3.63) is 52.4 Å². The fraction of sp³-hybridized carbons (Fsp3) is 0.368. The number of hydrogen-bond donors (Lipinski definition) is 1. The van der Waals surface area contributed by atoms with Crippen LogP contribution in [0.2, 0.25) is 5.02 Å². The van der Waals surface area contributed by atoms with Gasteiger partial charge in [-0.3, -0.25) is 14.5 Å². The van der Waals surface area contributed by atoms with Gasteiger partial charge >= 0.3 is 0 Å². The molecular weight excluding hydrogens is 354 g/mol. The molecule has 0 saturated carbocycles. The van der Waals surface area contributed by atoms with Crippen LogP contribution in [0.15, 0.2) is 34.9 Å². The highest BCUT2D eigenvalue weighted by molar-refractivity contribution is 6.34. The monoisotopic (exact) mass is 375 g/mol. The van der Waals surface area contributed by atoms with E-state index in [4.69, 9.17) is 16.0 Å². The van der Waals surface area contributed by atoms with Crippen LogP contribution in [0.5, 0.6) is 0 Å². The molecule has 138 valence electrons. The minimum atomic E-state index is -0.110. The van der Waals surface area contributed by atoms with E-state index in [-0.39, 0.29) is 18.4 Å². The number of hydrogen-bond acceptors (Lipinski definition) is 4. The van der Waals surface area contributed by atoms with E-state index in [1.165, 1.54) is 6.26 Å². The van der Waals surface area contributed by atoms with Crippen molar-refractivity contribution in [2.75, 3.05) is 38.0 Å². The van der Waals surface area contributed by atoms with Gasteiger partial charge in [-0.05, 0) is 43.2 Å². The first-order valence-electron chi connectivity index (χ1n) is 8.56. The zero-order valence-corrected chi connectivity index (χ0v) is 15.7. The first kappa shape index (κ1) is 18.5. The summed E-state index contributed by atoms with van der Waals surface area (Å²) in [6.07, 6.45) is 1.49. The van der Waals surface area contributed by atoms with Crippen molar-refractivity contribution in [2.45, 2.75) is 13.8 Å². The molecular formula is C19H22ClN3O3. The van der Waals surface area contributed by atoms with Crippen molar-refractivity contribution in [3.63, 3.8) is 0 Å². The van der Waals surface area contributed by atoms with Crippen molar-refractivity contribution in [3.8, 4) is 0 Å². The topological polar surface area (TPSA) is 65.8 Å². The Bertz CT molecular complexity index is 773. The summed E-state index contributed by atoms with van der Waals surface area (Å²) in [4.78, 5) is 28.4. The second-order valence-corrected chi connectivity index (χ2v) is 6.94. The second kappa shape index (κ2) is 7.93. The Hall–Kier alpha value is -2.31. The van der Waals surface area contributed by atoms with Crippen molar-refractivity contribution >= 4 is 29.1 Å². The number of carbonyl (C=O) groups is 2. The molecule has 7 heteroatoms. The number of benzene rings is 1. The standard InChI is InChI=1S/C19H22ClN3O3/c1-13-10-14(2)18(15(20)11-13)21-17(24)12-22-5-7-23(8-6-22)19(25)16-4-3-9-26-16/h3-4,9-11H,5-8,12H2,1-2H3,(H,21,24). The minimum Gasteiger partial charge on any atom is -0.459 e. The lowest BCUT2D eigenvalue weighted by molar-refractivity contribution is -0.117. The molecule has 0 unspecified atom stereocenters. The Morgan fingerprint density at radius 1 is 1.19 bits per heavy atom. The number of furan rings is 1. The molecule has 6 nitrogen and oxygen atoms in total. The SMILES string of the molecule is Cc1cc(C)c(NC(=O)CN2CCN(C(=O)c3ccco3)CC2)c(Cl)c1. The summed E-state index contributed by atoms with van der Waals surface area (Å²) in [7, 11) is 0. The van der Waals surface area contributed by atoms with Crippen molar-refractivity contribution in [2.24, 2.45) is 0 Å². The van der Waals surface area contributed by atoms with Gasteiger partial charge in [-0.25, -0.2) is 0 Å². The normalized spacial score (nSPS) is 15.1. The van der Waals surface area contributed by atoms with Gasteiger partial charge in [-0.1, -0.05) is 17.7 Å². The maximum atomic E-state index is 12.4. The van der Waals surface area contributed by atoms with Gasteiger partial charge in [0.2, 0.25) is 5.91 Å². The Morgan fingerprint density at radius 3 is 2.54 bits per heavy atom. The van der Waals surface area contributed by atoms with E-state index in [9.17, 15) is 9.59 Å². The molecule has 1 N–H and O–H groups in total. The third kappa shape index (κ3) is 4.26. The molecule has 2 amide bonds. The van der Waals surface area contributed by atoms with Gasteiger partial charge < -0.3 is 14.6 Å². The molecule has 0 spiro atoms. The quantitative estimate of drug-likeness (QED) is 0.892. The summed E-state index contributed by atoms with van der Waals surface area (Å²) in [5, 5.41) is 3.45. The van der Waals surface area contributed by atoms with E-state index in [1.54, 1.807) is 17.0 Å². The molecule has 2 heterocycles. The van der Waals surface area contributed by atoms with Crippen LogP contribution in [-0.4, -0.2) is 54.3 Å². The maximum absolute atomic E-state index is 12.4. The Kier molecular flexibility index (Phi) is 5.64. The van der Waals surface area contributed by atoms with Gasteiger partial charge in [0.05, 0.1) is 23.5 Å². The van der Waals surface area contributed by atoms with E-state index < -0.39 is 0 Å². The largest absolute Gasteiger partial charge is 0.459 e. The van der Waals surface area contributed by atoms with Gasteiger partial charge in [0.1, 0.15) is 0 Å². The first-order chi connectivity index (χ1) is 12.4. The molecule has 2 aromatic rings. The van der Waals surface area contributed by atoms with Crippen LogP contribution in [-0.2, 0) is 4.79 Å². The van der Waals surface area contributed by atoms with Gasteiger partial charge in [-0.15, -0.1) is 0 Å². The van der Waals surface area contributed by atoms with Crippen LogP contribution in [0.1, 0.15) is 21.7 Å². The molecule has 3 rings (SSSR count). The predicted octanol–water partition coefficient (Wildman–Crippen LogP) is 2.95. The molecule has 0 aliphatic carbocycles. The van der Waals surface area contributed by atoms with Gasteiger partial charge in [-0.2, -0.15) is 0 Å². The van der Waals surface area contributed by atoms with Crippen LogP contribution in [0.4, 0.5) is 5.69 Å². The van der Waals surface area contributed by atoms with Crippen LogP contribution in [0, 0.1) is 13.8 Å². The molecule has 0 bridgehead atoms. The van der Waals surface area contributed by atoms with Gasteiger partial charge in [0.15, 0.2) is 5.76 Å². The number of carbonyl (C=O) groups excluding carboxylic acids is 2. The van der Waals surface area contributed by atoms with Crippen molar-refractivity contribution in [1.82, 2.24) is 9.80 Å². The number of nitrogens with one attached hydrogen (secondary N) is 1. The minimum absolute atomic E-state index is 0.107. The summed E-state index contributed by atoms with van der Waals surface area (Å²) in [5.74, 6) is 0.131. The molecule has 1 aliphatic heterocycles. The third-order valence-electron chi connectivity index (χ3n) is 4.45. The van der Waals surface area contributed by atoms with Crippen molar-refractivity contribution in [1.29, 1.82) is 0 Å². The van der Waals surface area contributed by atoms with Crippen LogP contribution in [0.3, 0.4) is 0 Å². The molecule has 0 radical (unpaired) electrons. The Labute approximate surface area is 157 Å². The Balaban J connectivity index is 1.52. The number of nitrogens with zero attached hydrogens (tertiary/aromatic N) is 2. The molecule has 1 aliphatic rings. The van der Waals surface area contributed by atoms with Crippen LogP contribution in [0.25, 0.3) is 0 Å². The maximum Gasteiger partial charge on any atom is 0.289 e. The number of amides is 2. The molecule has 1 saturated heterocycles. The van der Waals surface area contributed by atoms with E-state index in [0.717, 1.165) is 11.1 Å². The number of halogens is 1. The lowest BCUT2D eigenvalue weighted by Gasteiger charge is -2.33. The summed E-state index contributed by atoms with van der Waals surface area (Å²) >= 11 is 6.24. The molecule has 1 fully saturated rings. The number of piperazine rings is 1. The highest BCUT2D eigenvalue weighted by atomic mass is 35.5. The van der Waals surface area contributed by atoms with Crippen LogP contribution >= 0.6 is 11.6 Å². The second-order valence-electron chi connectivity index (χ2n) is 6.53. The molecule has 0 atom stereocenters. The van der Waals surface area contributed by atoms with Gasteiger partial charge in [0.25, 0.3) is 5.91 Å². The molecule has 1 aromatic carbocycles. The van der Waals surface area contributed by atoms with Crippen molar-refractivity contribution < 1.29 is 14.0 Å². The lowest BCUT2D eigenvalue weighted by atomic mass is 10.1. The highest BCUT2D eigenvalue weighted by Gasteiger charge is 2.24. The smallest absolute Gasteiger partial charge is 0.289 e. The van der Waals surface area contributed by atoms with Crippen LogP contribution < -0.4 is 5.32 Å². The highest BCUT2D eigenvalue weighted by Crippen LogP contribution is 2.27. The lowest BCUT2D eigenvalue weighted by Crippen LogP contribution is -2.50. The first-order valence-corrected chi connectivity index (χ1v) is 8.93. The molecule has 1 aromatic heterocycles. The molecule has 26 heavy (non-hydrogen) atoms. The summed E-state index contributed by atoms with van der Waals surface area (Å²) < 4.78 is 5.16. The van der Waals surface area contributed by atoms with E-state index in [0.29, 0.717) is 42.6 Å². The fourth-order valence-corrected chi connectivity index (χ4v) is 3.49. The average molecular weight is 376 g/mol. The zero-order chi connectivity index (χ0) is 18.7. The predicted molar refractivity (Wildman–Crippen MR) is 101 cm³/mol. The third-order valence-corrected chi connectivity index (χ3v) is 4.75. The summed E-state index contributed by atoms with van der Waals surface area (Å²) in [5.41, 5.74) is 2.66. The summed E-state index contributed by atoms with van der Waals surface area (Å²) in [6, 6.07) is 7.19. The van der Waals surface area contributed by atoms with Gasteiger partial charge in [0, 0.05) is 26.2 Å². The Morgan fingerprint density at radius 2 is 1.92 bits per heavy atom. The fourth-order valence-electron chi connectivity index (χ4n) is 3.12. The number of rotatable bonds is 4. The summed E-state index contributed by atoms with van der Waals surface area (Å²) in [6.45, 7) is 6.57. The number of anilines is 1. The van der Waals surface area contributed by atoms with E-state index in [1.807, 2.05) is 30.9 Å². The number of aryl methyl sites for hydroxylation is 2. The van der Waals surface area contributed by atoms with E-state index >= 15 is 0 Å². The van der Waals surface area contributed by atoms with E-state index in [2.05, 4.69) is 5.32 Å². The zero-order valence-electron chi connectivity index (χ0n) is 14.9.